The Kier molecular flexibility index (Phi) is 2.88. The third-order valence-electron chi connectivity index (χ3n) is 2.51. The standard InChI is InChI=1S/C13H15NO/c1-10-8-12(9-15-10)13(14-2)11-6-4-3-5-7-11/h3-9,13-14H,1-2H3. The van der Waals surface area contributed by atoms with Gasteiger partial charge in [-0.1, -0.05) is 30.3 Å². The van der Waals surface area contributed by atoms with Crippen molar-refractivity contribution < 1.29 is 4.42 Å². The van der Waals surface area contributed by atoms with E-state index in [9.17, 15) is 0 Å². The second-order valence-corrected chi connectivity index (χ2v) is 3.62. The maximum atomic E-state index is 5.33. The molecule has 0 saturated heterocycles. The van der Waals surface area contributed by atoms with E-state index in [4.69, 9.17) is 4.42 Å². The van der Waals surface area contributed by atoms with E-state index in [1.54, 1.807) is 0 Å². The van der Waals surface area contributed by atoms with Crippen molar-refractivity contribution in [3.8, 4) is 0 Å². The fourth-order valence-corrected chi connectivity index (χ4v) is 1.79. The lowest BCUT2D eigenvalue weighted by atomic mass is 10.0. The summed E-state index contributed by atoms with van der Waals surface area (Å²) >= 11 is 0. The molecule has 1 aromatic heterocycles. The van der Waals surface area contributed by atoms with Gasteiger partial charge in [-0.05, 0) is 25.6 Å². The van der Waals surface area contributed by atoms with Crippen LogP contribution in [0.5, 0.6) is 0 Å². The van der Waals surface area contributed by atoms with Crippen LogP contribution in [-0.2, 0) is 0 Å². The van der Waals surface area contributed by atoms with Crippen molar-refractivity contribution in [1.29, 1.82) is 0 Å². The van der Waals surface area contributed by atoms with E-state index in [1.807, 2.05) is 38.4 Å². The Morgan fingerprint density at radius 1 is 1.13 bits per heavy atom. The SMILES string of the molecule is CNC(c1ccccc1)c1coc(C)c1. The summed E-state index contributed by atoms with van der Waals surface area (Å²) < 4.78 is 5.33. The highest BCUT2D eigenvalue weighted by molar-refractivity contribution is 5.30. The van der Waals surface area contributed by atoms with Crippen LogP contribution in [0.15, 0.2) is 47.1 Å². The van der Waals surface area contributed by atoms with E-state index in [0.717, 1.165) is 5.76 Å². The summed E-state index contributed by atoms with van der Waals surface area (Å²) in [5, 5.41) is 3.29. The quantitative estimate of drug-likeness (QED) is 0.826. The molecular weight excluding hydrogens is 186 g/mol. The Balaban J connectivity index is 2.33. The summed E-state index contributed by atoms with van der Waals surface area (Å²) in [5.41, 5.74) is 2.42. The van der Waals surface area contributed by atoms with Crippen molar-refractivity contribution >= 4 is 0 Å². The van der Waals surface area contributed by atoms with Crippen molar-refractivity contribution in [2.45, 2.75) is 13.0 Å². The molecule has 0 aliphatic carbocycles. The minimum atomic E-state index is 0.212. The van der Waals surface area contributed by atoms with E-state index in [2.05, 4.69) is 23.5 Å². The summed E-state index contributed by atoms with van der Waals surface area (Å²) in [7, 11) is 1.96. The molecule has 0 amide bonds. The number of hydrogen-bond acceptors (Lipinski definition) is 2. The zero-order valence-corrected chi connectivity index (χ0v) is 9.03. The van der Waals surface area contributed by atoms with Gasteiger partial charge in [0.15, 0.2) is 0 Å². The molecule has 0 radical (unpaired) electrons. The van der Waals surface area contributed by atoms with Gasteiger partial charge in [-0.25, -0.2) is 0 Å². The lowest BCUT2D eigenvalue weighted by Gasteiger charge is -2.14. The normalized spacial score (nSPS) is 12.7. The molecule has 15 heavy (non-hydrogen) atoms. The van der Waals surface area contributed by atoms with Crippen LogP contribution in [-0.4, -0.2) is 7.05 Å². The number of aryl methyl sites for hydroxylation is 1. The second-order valence-electron chi connectivity index (χ2n) is 3.62. The predicted molar refractivity (Wildman–Crippen MR) is 60.8 cm³/mol. The number of furan rings is 1. The molecule has 2 heteroatoms. The molecule has 0 aliphatic heterocycles. The van der Waals surface area contributed by atoms with Gasteiger partial charge in [0.05, 0.1) is 12.3 Å². The first-order chi connectivity index (χ1) is 7.31. The van der Waals surface area contributed by atoms with Gasteiger partial charge in [0, 0.05) is 5.56 Å². The van der Waals surface area contributed by atoms with Crippen LogP contribution in [0.25, 0.3) is 0 Å². The average Bonchev–Trinajstić information content (AvgIpc) is 2.68. The van der Waals surface area contributed by atoms with Crippen LogP contribution in [0.2, 0.25) is 0 Å². The van der Waals surface area contributed by atoms with Gasteiger partial charge in [-0.2, -0.15) is 0 Å². The minimum absolute atomic E-state index is 0.212. The van der Waals surface area contributed by atoms with Gasteiger partial charge in [0.1, 0.15) is 5.76 Å². The first-order valence-corrected chi connectivity index (χ1v) is 5.08. The molecule has 0 spiro atoms. The van der Waals surface area contributed by atoms with E-state index in [-0.39, 0.29) is 6.04 Å². The fourth-order valence-electron chi connectivity index (χ4n) is 1.79. The Morgan fingerprint density at radius 3 is 2.40 bits per heavy atom. The molecule has 0 aliphatic rings. The summed E-state index contributed by atoms with van der Waals surface area (Å²) in [6.07, 6.45) is 1.81. The Hall–Kier alpha value is -1.54. The molecule has 78 valence electrons. The van der Waals surface area contributed by atoms with E-state index in [0.29, 0.717) is 0 Å². The summed E-state index contributed by atoms with van der Waals surface area (Å²) in [5.74, 6) is 0.946. The summed E-state index contributed by atoms with van der Waals surface area (Å²) in [6.45, 7) is 1.96. The maximum absolute atomic E-state index is 5.33. The Bertz CT molecular complexity index is 419. The highest BCUT2D eigenvalue weighted by Gasteiger charge is 2.13. The topological polar surface area (TPSA) is 25.2 Å². The van der Waals surface area contributed by atoms with Crippen LogP contribution in [0.4, 0.5) is 0 Å². The van der Waals surface area contributed by atoms with E-state index >= 15 is 0 Å². The van der Waals surface area contributed by atoms with Crippen molar-refractivity contribution in [1.82, 2.24) is 5.32 Å². The molecule has 1 aromatic carbocycles. The van der Waals surface area contributed by atoms with Crippen LogP contribution in [0.1, 0.15) is 22.9 Å². The highest BCUT2D eigenvalue weighted by Crippen LogP contribution is 2.22. The molecule has 2 nitrogen and oxygen atoms in total. The van der Waals surface area contributed by atoms with Crippen LogP contribution >= 0.6 is 0 Å². The van der Waals surface area contributed by atoms with Gasteiger partial charge >= 0.3 is 0 Å². The molecule has 1 N–H and O–H groups in total. The summed E-state index contributed by atoms with van der Waals surface area (Å²) in [4.78, 5) is 0. The highest BCUT2D eigenvalue weighted by atomic mass is 16.3. The molecule has 0 saturated carbocycles. The number of nitrogens with one attached hydrogen (secondary N) is 1. The molecule has 0 fully saturated rings. The van der Waals surface area contributed by atoms with Crippen LogP contribution < -0.4 is 5.32 Å². The van der Waals surface area contributed by atoms with Crippen molar-refractivity contribution in [3.05, 3.63) is 59.5 Å². The summed E-state index contributed by atoms with van der Waals surface area (Å²) in [6, 6.07) is 12.6. The van der Waals surface area contributed by atoms with Crippen molar-refractivity contribution in [2.24, 2.45) is 0 Å². The minimum Gasteiger partial charge on any atom is -0.469 e. The van der Waals surface area contributed by atoms with Gasteiger partial charge < -0.3 is 9.73 Å². The molecule has 1 unspecified atom stereocenters. The van der Waals surface area contributed by atoms with Crippen LogP contribution in [0.3, 0.4) is 0 Å². The van der Waals surface area contributed by atoms with E-state index in [1.165, 1.54) is 11.1 Å². The Labute approximate surface area is 89.9 Å². The van der Waals surface area contributed by atoms with E-state index < -0.39 is 0 Å². The third kappa shape index (κ3) is 2.10. The van der Waals surface area contributed by atoms with Gasteiger partial charge in [-0.3, -0.25) is 0 Å². The van der Waals surface area contributed by atoms with Gasteiger partial charge in [0.25, 0.3) is 0 Å². The lowest BCUT2D eigenvalue weighted by molar-refractivity contribution is 0.528. The zero-order valence-electron chi connectivity index (χ0n) is 9.03. The first kappa shape index (κ1) is 9.99. The molecule has 0 bridgehead atoms. The predicted octanol–water partition coefficient (Wildman–Crippen LogP) is 2.90. The largest absolute Gasteiger partial charge is 0.469 e. The van der Waals surface area contributed by atoms with Crippen LogP contribution in [0, 0.1) is 6.92 Å². The Morgan fingerprint density at radius 2 is 1.87 bits per heavy atom. The van der Waals surface area contributed by atoms with Crippen molar-refractivity contribution in [2.75, 3.05) is 7.05 Å². The fraction of sp³-hybridized carbons (Fsp3) is 0.231. The molecule has 1 heterocycles. The number of hydrogen-bond donors (Lipinski definition) is 1. The first-order valence-electron chi connectivity index (χ1n) is 5.08. The van der Waals surface area contributed by atoms with Crippen molar-refractivity contribution in [3.63, 3.8) is 0 Å². The number of benzene rings is 1. The smallest absolute Gasteiger partial charge is 0.101 e. The van der Waals surface area contributed by atoms with Gasteiger partial charge in [-0.15, -0.1) is 0 Å². The molecule has 2 rings (SSSR count). The molecule has 1 atom stereocenters. The van der Waals surface area contributed by atoms with Gasteiger partial charge in [0.2, 0.25) is 0 Å². The maximum Gasteiger partial charge on any atom is 0.101 e. The molecular formula is C13H15NO. The number of rotatable bonds is 3. The monoisotopic (exact) mass is 201 g/mol. The molecule has 2 aromatic rings. The average molecular weight is 201 g/mol. The second kappa shape index (κ2) is 4.32. The lowest BCUT2D eigenvalue weighted by Crippen LogP contribution is -2.16. The zero-order chi connectivity index (χ0) is 10.7. The third-order valence-corrected chi connectivity index (χ3v) is 2.51.